The SMILES string of the molecule is Cc1cc(C#N)cc(C)c1NC(=O)C1([PH]2(CC(=O)OCc3ccccc3)CCCCCC2)CCC1. The summed E-state index contributed by atoms with van der Waals surface area (Å²) < 4.78 is 5.76. The van der Waals surface area contributed by atoms with E-state index in [0.29, 0.717) is 11.7 Å². The molecule has 5 nitrogen and oxygen atoms in total. The Balaban J connectivity index is 1.58. The van der Waals surface area contributed by atoms with Crippen molar-refractivity contribution in [3.63, 3.8) is 0 Å². The maximum absolute atomic E-state index is 14.1. The van der Waals surface area contributed by atoms with Crippen LogP contribution in [0.2, 0.25) is 0 Å². The molecule has 1 saturated heterocycles. The molecule has 0 atom stereocenters. The monoisotopic (exact) mass is 492 g/mol. The molecule has 1 heterocycles. The van der Waals surface area contributed by atoms with Crippen LogP contribution >= 0.6 is 7.26 Å². The summed E-state index contributed by atoms with van der Waals surface area (Å²) >= 11 is 0. The minimum absolute atomic E-state index is 0.0871. The second kappa shape index (κ2) is 10.9. The number of nitrogens with zero attached hydrogens (tertiary/aromatic N) is 1. The zero-order chi connectivity index (χ0) is 24.9. The summed E-state index contributed by atoms with van der Waals surface area (Å²) in [5.41, 5.74) is 4.21. The van der Waals surface area contributed by atoms with Crippen LogP contribution in [0.5, 0.6) is 0 Å². The Kier molecular flexibility index (Phi) is 7.92. The Morgan fingerprint density at radius 2 is 1.63 bits per heavy atom. The molecule has 1 amide bonds. The molecule has 1 saturated carbocycles. The molecule has 2 aliphatic rings. The van der Waals surface area contributed by atoms with Crippen molar-refractivity contribution in [1.82, 2.24) is 0 Å². The van der Waals surface area contributed by atoms with E-state index in [1.54, 1.807) is 0 Å². The van der Waals surface area contributed by atoms with Gasteiger partial charge >= 0.3 is 210 Å². The van der Waals surface area contributed by atoms with Crippen molar-refractivity contribution in [2.24, 2.45) is 0 Å². The molecule has 2 aromatic carbocycles. The third-order valence-corrected chi connectivity index (χ3v) is 14.7. The number of nitriles is 1. The van der Waals surface area contributed by atoms with Gasteiger partial charge in [0.25, 0.3) is 0 Å². The van der Waals surface area contributed by atoms with Gasteiger partial charge in [-0.2, -0.15) is 0 Å². The standard InChI is InChI=1S/C29H37N2O3P/c1-22-17-25(19-30)18-23(2)27(22)31-28(33)29(13-10-14-29)35(15-8-3-4-9-16-35)21-26(32)34-20-24-11-6-5-7-12-24/h5-7,11-12,17-18,35H,3-4,8-10,13-16,20-21H2,1-2H3,(H,31,33). The second-order valence-corrected chi connectivity index (χ2v) is 15.4. The van der Waals surface area contributed by atoms with Crippen molar-refractivity contribution >= 4 is 24.8 Å². The number of hydrogen-bond donors (Lipinski definition) is 1. The zero-order valence-corrected chi connectivity index (χ0v) is 22.0. The summed E-state index contributed by atoms with van der Waals surface area (Å²) in [4.78, 5) is 27.3. The van der Waals surface area contributed by atoms with Gasteiger partial charge in [-0.05, 0) is 0 Å². The molecule has 186 valence electrons. The van der Waals surface area contributed by atoms with E-state index < -0.39 is 12.4 Å². The Labute approximate surface area is 209 Å². The Morgan fingerprint density at radius 3 is 2.17 bits per heavy atom. The van der Waals surface area contributed by atoms with E-state index in [2.05, 4.69) is 11.4 Å². The van der Waals surface area contributed by atoms with Crippen LogP contribution in [0.1, 0.15) is 67.2 Å². The van der Waals surface area contributed by atoms with Crippen molar-refractivity contribution in [3.05, 3.63) is 64.7 Å². The van der Waals surface area contributed by atoms with Gasteiger partial charge in [0, 0.05) is 0 Å². The van der Waals surface area contributed by atoms with Gasteiger partial charge in [-0.25, -0.2) is 0 Å². The first-order chi connectivity index (χ1) is 16.9. The van der Waals surface area contributed by atoms with Crippen LogP contribution in [0.25, 0.3) is 0 Å². The molecule has 1 aliphatic carbocycles. The molecule has 4 rings (SSSR count). The average molecular weight is 493 g/mol. The molecule has 0 spiro atoms. The first-order valence-electron chi connectivity index (χ1n) is 12.9. The van der Waals surface area contributed by atoms with Gasteiger partial charge in [0.05, 0.1) is 0 Å². The van der Waals surface area contributed by atoms with E-state index in [1.807, 2.05) is 56.3 Å². The third kappa shape index (κ3) is 5.29. The minimum atomic E-state index is -2.31. The number of esters is 1. The van der Waals surface area contributed by atoms with Gasteiger partial charge in [-0.3, -0.25) is 0 Å². The van der Waals surface area contributed by atoms with Crippen LogP contribution in [0.4, 0.5) is 5.69 Å². The molecule has 0 radical (unpaired) electrons. The van der Waals surface area contributed by atoms with Crippen molar-refractivity contribution in [2.45, 2.75) is 70.6 Å². The number of hydrogen-bond acceptors (Lipinski definition) is 4. The summed E-state index contributed by atoms with van der Waals surface area (Å²) in [6.07, 6.45) is 9.79. The maximum atomic E-state index is 14.1. The van der Waals surface area contributed by atoms with Gasteiger partial charge in [0.15, 0.2) is 0 Å². The summed E-state index contributed by atoms with van der Waals surface area (Å²) in [6.45, 7) is 4.17. The van der Waals surface area contributed by atoms with Crippen LogP contribution in [0.3, 0.4) is 0 Å². The number of nitrogens with one attached hydrogen (secondary N) is 1. The molecule has 2 aromatic rings. The number of ether oxygens (including phenoxy) is 1. The first-order valence-corrected chi connectivity index (χ1v) is 15.5. The van der Waals surface area contributed by atoms with Gasteiger partial charge < -0.3 is 0 Å². The number of rotatable bonds is 7. The molecule has 0 unspecified atom stereocenters. The summed E-state index contributed by atoms with van der Waals surface area (Å²) in [5, 5.41) is 12.2. The number of aryl methyl sites for hydroxylation is 2. The molecule has 2 fully saturated rings. The Bertz CT molecular complexity index is 1090. The Hall–Kier alpha value is -2.70. The molecular formula is C29H37N2O3P. The third-order valence-electron chi connectivity index (χ3n) is 8.34. The summed E-state index contributed by atoms with van der Waals surface area (Å²) in [6, 6.07) is 15.6. The van der Waals surface area contributed by atoms with Crippen molar-refractivity contribution < 1.29 is 14.3 Å². The molecule has 35 heavy (non-hydrogen) atoms. The number of anilines is 1. The number of amides is 1. The number of carbonyl (C=O) groups is 2. The average Bonchev–Trinajstić information content (AvgIpc) is 3.06. The van der Waals surface area contributed by atoms with Crippen LogP contribution in [0, 0.1) is 25.2 Å². The first kappa shape index (κ1) is 25.4. The van der Waals surface area contributed by atoms with Gasteiger partial charge in [-0.15, -0.1) is 0 Å². The fraction of sp³-hybridized carbons (Fsp3) is 0.483. The molecule has 1 N–H and O–H groups in total. The van der Waals surface area contributed by atoms with Crippen LogP contribution in [0.15, 0.2) is 42.5 Å². The molecular weight excluding hydrogens is 455 g/mol. The van der Waals surface area contributed by atoms with Gasteiger partial charge in [0.1, 0.15) is 0 Å². The molecule has 0 bridgehead atoms. The quantitative estimate of drug-likeness (QED) is 0.374. The zero-order valence-electron chi connectivity index (χ0n) is 21.0. The van der Waals surface area contributed by atoms with Gasteiger partial charge in [-0.1, -0.05) is 0 Å². The fourth-order valence-electron chi connectivity index (χ4n) is 6.28. The van der Waals surface area contributed by atoms with E-state index in [9.17, 15) is 14.9 Å². The summed E-state index contributed by atoms with van der Waals surface area (Å²) in [5.74, 6) is -0.0590. The van der Waals surface area contributed by atoms with E-state index >= 15 is 0 Å². The second-order valence-electron chi connectivity index (χ2n) is 10.5. The van der Waals surface area contributed by atoms with Crippen LogP contribution < -0.4 is 5.32 Å². The van der Waals surface area contributed by atoms with Crippen molar-refractivity contribution in [3.8, 4) is 6.07 Å². The number of benzene rings is 2. The van der Waals surface area contributed by atoms with E-state index in [1.165, 1.54) is 12.8 Å². The predicted octanol–water partition coefficient (Wildman–Crippen LogP) is 6.10. The van der Waals surface area contributed by atoms with Crippen molar-refractivity contribution in [1.29, 1.82) is 5.26 Å². The predicted molar refractivity (Wildman–Crippen MR) is 143 cm³/mol. The summed E-state index contributed by atoms with van der Waals surface area (Å²) in [7, 11) is -2.31. The van der Waals surface area contributed by atoms with E-state index in [-0.39, 0.29) is 18.5 Å². The van der Waals surface area contributed by atoms with Gasteiger partial charge in [0.2, 0.25) is 0 Å². The van der Waals surface area contributed by atoms with Crippen LogP contribution in [-0.2, 0) is 20.9 Å². The molecule has 6 heteroatoms. The van der Waals surface area contributed by atoms with Crippen LogP contribution in [-0.4, -0.2) is 35.5 Å². The van der Waals surface area contributed by atoms with E-state index in [0.717, 1.165) is 66.8 Å². The van der Waals surface area contributed by atoms with E-state index in [4.69, 9.17) is 4.74 Å². The Morgan fingerprint density at radius 1 is 1.00 bits per heavy atom. The number of carbonyl (C=O) groups excluding carboxylic acids is 2. The molecule has 0 aromatic heterocycles. The molecule has 1 aliphatic heterocycles. The topological polar surface area (TPSA) is 79.2 Å². The normalized spacial score (nSPS) is 19.3. The fourth-order valence-corrected chi connectivity index (χ4v) is 12.6. The van der Waals surface area contributed by atoms with Crippen molar-refractivity contribution in [2.75, 3.05) is 23.8 Å².